The van der Waals surface area contributed by atoms with Gasteiger partial charge in [0.15, 0.2) is 6.61 Å². The molecule has 0 unspecified atom stereocenters. The molecule has 5 heteroatoms. The second-order valence-corrected chi connectivity index (χ2v) is 5.44. The lowest BCUT2D eigenvalue weighted by Crippen LogP contribution is -2.36. The lowest BCUT2D eigenvalue weighted by Gasteiger charge is -2.21. The Labute approximate surface area is 124 Å². The molecular weight excluding hydrogens is 270 g/mol. The minimum Gasteiger partial charge on any atom is -0.483 e. The van der Waals surface area contributed by atoms with Gasteiger partial charge in [0.1, 0.15) is 5.75 Å². The molecule has 2 rings (SSSR count). The molecule has 0 aliphatic heterocycles. The first-order chi connectivity index (χ1) is 9.93. The van der Waals surface area contributed by atoms with Gasteiger partial charge in [0.2, 0.25) is 0 Å². The van der Waals surface area contributed by atoms with Gasteiger partial charge in [0, 0.05) is 12.6 Å². The van der Waals surface area contributed by atoms with Crippen LogP contribution in [-0.2, 0) is 4.79 Å². The van der Waals surface area contributed by atoms with E-state index in [9.17, 15) is 9.59 Å². The lowest BCUT2D eigenvalue weighted by atomic mass is 10.1. The molecule has 0 spiro atoms. The Hall–Kier alpha value is -2.04. The van der Waals surface area contributed by atoms with Crippen molar-refractivity contribution < 1.29 is 19.4 Å². The molecular formula is C16H21NO4. The third-order valence-corrected chi connectivity index (χ3v) is 3.70. The van der Waals surface area contributed by atoms with Crippen LogP contribution in [0.1, 0.15) is 41.3 Å². The third-order valence-electron chi connectivity index (χ3n) is 3.70. The number of ether oxygens (including phenoxy) is 1. The van der Waals surface area contributed by atoms with Gasteiger partial charge in [0.25, 0.3) is 5.91 Å². The Kier molecular flexibility index (Phi) is 4.50. The van der Waals surface area contributed by atoms with Crippen molar-refractivity contribution in [3.8, 4) is 5.75 Å². The lowest BCUT2D eigenvalue weighted by molar-refractivity contribution is -0.133. The maximum atomic E-state index is 12.1. The molecule has 0 atom stereocenters. The Morgan fingerprint density at radius 3 is 2.29 bits per heavy atom. The number of aromatic carboxylic acids is 1. The normalized spacial score (nSPS) is 13.9. The molecule has 1 aliphatic rings. The molecule has 114 valence electrons. The van der Waals surface area contributed by atoms with Gasteiger partial charge in [-0.05, 0) is 56.9 Å². The minimum absolute atomic E-state index is 0.00155. The Bertz CT molecular complexity index is 540. The minimum atomic E-state index is -0.963. The average molecular weight is 291 g/mol. The number of carbonyl (C=O) groups excluding carboxylic acids is 1. The first-order valence-corrected chi connectivity index (χ1v) is 7.20. The van der Waals surface area contributed by atoms with Crippen molar-refractivity contribution in [1.82, 2.24) is 4.90 Å². The van der Waals surface area contributed by atoms with Crippen LogP contribution in [0.4, 0.5) is 0 Å². The number of hydrogen-bond acceptors (Lipinski definition) is 3. The van der Waals surface area contributed by atoms with Gasteiger partial charge < -0.3 is 14.7 Å². The SMILES string of the molecule is CCN(C(=O)COc1c(C)cc(C(=O)O)cc1C)C1CC1. The summed E-state index contributed by atoms with van der Waals surface area (Å²) in [7, 11) is 0. The standard InChI is InChI=1S/C16H21NO4/c1-4-17(13-5-6-13)14(18)9-21-15-10(2)7-12(16(19)20)8-11(15)3/h7-8,13H,4-6,9H2,1-3H3,(H,19,20). The number of carboxylic acid groups (broad SMARTS) is 1. The highest BCUT2D eigenvalue weighted by Gasteiger charge is 2.31. The maximum Gasteiger partial charge on any atom is 0.335 e. The average Bonchev–Trinajstić information content (AvgIpc) is 3.22. The van der Waals surface area contributed by atoms with E-state index in [0.29, 0.717) is 18.3 Å². The second kappa shape index (κ2) is 6.16. The molecule has 0 heterocycles. The maximum absolute atomic E-state index is 12.1. The molecule has 1 amide bonds. The highest BCUT2D eigenvalue weighted by Crippen LogP contribution is 2.28. The molecule has 1 aliphatic carbocycles. The highest BCUT2D eigenvalue weighted by molar-refractivity contribution is 5.88. The van der Waals surface area contributed by atoms with Gasteiger partial charge in [-0.15, -0.1) is 0 Å². The van der Waals surface area contributed by atoms with E-state index in [1.54, 1.807) is 26.0 Å². The molecule has 1 aromatic carbocycles. The van der Waals surface area contributed by atoms with Crippen LogP contribution in [0, 0.1) is 13.8 Å². The van der Waals surface area contributed by atoms with Gasteiger partial charge in [-0.3, -0.25) is 4.79 Å². The van der Waals surface area contributed by atoms with E-state index in [-0.39, 0.29) is 18.1 Å². The van der Waals surface area contributed by atoms with Crippen LogP contribution in [0.25, 0.3) is 0 Å². The Morgan fingerprint density at radius 2 is 1.86 bits per heavy atom. The number of rotatable bonds is 6. The fourth-order valence-corrected chi connectivity index (χ4v) is 2.54. The molecule has 21 heavy (non-hydrogen) atoms. The zero-order chi connectivity index (χ0) is 15.6. The number of carbonyl (C=O) groups is 2. The summed E-state index contributed by atoms with van der Waals surface area (Å²) in [5.74, 6) is -0.379. The van der Waals surface area contributed by atoms with Gasteiger partial charge in [-0.1, -0.05) is 0 Å². The molecule has 1 saturated carbocycles. The molecule has 0 saturated heterocycles. The second-order valence-electron chi connectivity index (χ2n) is 5.44. The zero-order valence-corrected chi connectivity index (χ0v) is 12.7. The topological polar surface area (TPSA) is 66.8 Å². The molecule has 0 radical (unpaired) electrons. The first kappa shape index (κ1) is 15.4. The van der Waals surface area contributed by atoms with Crippen molar-refractivity contribution in [2.75, 3.05) is 13.2 Å². The number of amides is 1. The number of aryl methyl sites for hydroxylation is 2. The van der Waals surface area contributed by atoms with Gasteiger partial charge >= 0.3 is 5.97 Å². The summed E-state index contributed by atoms with van der Waals surface area (Å²) in [6, 6.07) is 3.50. The van der Waals surface area contributed by atoms with E-state index in [1.807, 2.05) is 11.8 Å². The van der Waals surface area contributed by atoms with Crippen molar-refractivity contribution in [3.05, 3.63) is 28.8 Å². The highest BCUT2D eigenvalue weighted by atomic mass is 16.5. The number of nitrogens with zero attached hydrogens (tertiary/aromatic N) is 1. The van der Waals surface area contributed by atoms with Crippen molar-refractivity contribution in [2.24, 2.45) is 0 Å². The summed E-state index contributed by atoms with van der Waals surface area (Å²) in [5.41, 5.74) is 1.70. The number of carboxylic acids is 1. The number of benzene rings is 1. The monoisotopic (exact) mass is 291 g/mol. The molecule has 1 N–H and O–H groups in total. The molecule has 0 bridgehead atoms. The van der Waals surface area contributed by atoms with Crippen LogP contribution in [0.5, 0.6) is 5.75 Å². The van der Waals surface area contributed by atoms with Crippen molar-refractivity contribution in [1.29, 1.82) is 0 Å². The predicted octanol–water partition coefficient (Wildman–Crippen LogP) is 2.39. The zero-order valence-electron chi connectivity index (χ0n) is 12.7. The van der Waals surface area contributed by atoms with E-state index in [1.165, 1.54) is 0 Å². The van der Waals surface area contributed by atoms with E-state index in [4.69, 9.17) is 9.84 Å². The smallest absolute Gasteiger partial charge is 0.335 e. The van der Waals surface area contributed by atoms with E-state index < -0.39 is 5.97 Å². The summed E-state index contributed by atoms with van der Waals surface area (Å²) in [6.45, 7) is 6.24. The molecule has 1 aromatic rings. The van der Waals surface area contributed by atoms with Crippen LogP contribution >= 0.6 is 0 Å². The number of likely N-dealkylation sites (N-methyl/N-ethyl adjacent to an activating group) is 1. The molecule has 5 nitrogen and oxygen atoms in total. The van der Waals surface area contributed by atoms with Gasteiger partial charge in [0.05, 0.1) is 5.56 Å². The largest absolute Gasteiger partial charge is 0.483 e. The summed E-state index contributed by atoms with van der Waals surface area (Å²) < 4.78 is 5.64. The Balaban J connectivity index is 2.06. The fourth-order valence-electron chi connectivity index (χ4n) is 2.54. The molecule has 0 aromatic heterocycles. The van der Waals surface area contributed by atoms with Gasteiger partial charge in [-0.25, -0.2) is 4.79 Å². The quantitative estimate of drug-likeness (QED) is 0.874. The Morgan fingerprint density at radius 1 is 1.29 bits per heavy atom. The predicted molar refractivity (Wildman–Crippen MR) is 78.8 cm³/mol. The third kappa shape index (κ3) is 3.54. The summed E-state index contributed by atoms with van der Waals surface area (Å²) in [4.78, 5) is 25.0. The van der Waals surface area contributed by atoms with E-state index in [0.717, 1.165) is 24.0 Å². The van der Waals surface area contributed by atoms with E-state index >= 15 is 0 Å². The van der Waals surface area contributed by atoms with Crippen molar-refractivity contribution in [2.45, 2.75) is 39.7 Å². The van der Waals surface area contributed by atoms with Crippen LogP contribution < -0.4 is 4.74 Å². The fraction of sp³-hybridized carbons (Fsp3) is 0.500. The first-order valence-electron chi connectivity index (χ1n) is 7.20. The van der Waals surface area contributed by atoms with Crippen LogP contribution in [0.3, 0.4) is 0 Å². The van der Waals surface area contributed by atoms with E-state index in [2.05, 4.69) is 0 Å². The van der Waals surface area contributed by atoms with Crippen LogP contribution in [0.2, 0.25) is 0 Å². The van der Waals surface area contributed by atoms with Crippen molar-refractivity contribution >= 4 is 11.9 Å². The summed E-state index contributed by atoms with van der Waals surface area (Å²) >= 11 is 0. The number of hydrogen-bond donors (Lipinski definition) is 1. The molecule has 1 fully saturated rings. The summed E-state index contributed by atoms with van der Waals surface area (Å²) in [5, 5.41) is 9.01. The van der Waals surface area contributed by atoms with Crippen molar-refractivity contribution in [3.63, 3.8) is 0 Å². The van der Waals surface area contributed by atoms with Gasteiger partial charge in [-0.2, -0.15) is 0 Å². The summed E-state index contributed by atoms with van der Waals surface area (Å²) in [6.07, 6.45) is 2.15. The van der Waals surface area contributed by atoms with Crippen LogP contribution in [-0.4, -0.2) is 41.1 Å². The van der Waals surface area contributed by atoms with Crippen LogP contribution in [0.15, 0.2) is 12.1 Å².